The van der Waals surface area contributed by atoms with E-state index in [1.54, 1.807) is 0 Å². The zero-order chi connectivity index (χ0) is 20.2. The number of nitrogens with one attached hydrogen (secondary N) is 1. The minimum atomic E-state index is 0.688. The molecule has 2 aromatic heterocycles. The van der Waals surface area contributed by atoms with E-state index in [1.165, 1.54) is 18.5 Å². The first kappa shape index (κ1) is 19.1. The zero-order valence-electron chi connectivity index (χ0n) is 17.3. The van der Waals surface area contributed by atoms with Crippen molar-refractivity contribution >= 4 is 28.2 Å². The molecule has 0 radical (unpaired) electrons. The molecule has 6 heteroatoms. The maximum absolute atomic E-state index is 5.52. The first-order valence-electron chi connectivity index (χ1n) is 11.0. The molecule has 5 rings (SSSR count). The Morgan fingerprint density at radius 2 is 1.73 bits per heavy atom. The van der Waals surface area contributed by atoms with E-state index in [9.17, 15) is 0 Å². The molecule has 1 N–H and O–H groups in total. The van der Waals surface area contributed by atoms with Crippen LogP contribution in [0.3, 0.4) is 0 Å². The van der Waals surface area contributed by atoms with Crippen molar-refractivity contribution in [1.82, 2.24) is 9.97 Å². The molecule has 2 aliphatic rings. The van der Waals surface area contributed by atoms with Crippen molar-refractivity contribution in [2.45, 2.75) is 12.8 Å². The minimum absolute atomic E-state index is 0.688. The van der Waals surface area contributed by atoms with Crippen LogP contribution in [-0.4, -0.2) is 55.9 Å². The first-order chi connectivity index (χ1) is 14.9. The number of pyridine rings is 2. The Bertz CT molecular complexity index is 966. The van der Waals surface area contributed by atoms with Crippen LogP contribution in [0.25, 0.3) is 10.9 Å². The number of benzene rings is 1. The first-order valence-corrected chi connectivity index (χ1v) is 11.0. The van der Waals surface area contributed by atoms with Crippen LogP contribution in [0.5, 0.6) is 0 Å². The van der Waals surface area contributed by atoms with Crippen LogP contribution in [0.1, 0.15) is 12.8 Å². The van der Waals surface area contributed by atoms with E-state index >= 15 is 0 Å². The fraction of sp³-hybridized carbons (Fsp3) is 0.417. The SMILES string of the molecule is c1ccc(NCC2CCN(c3nc(N4CCOCC4)cc4ncccc34)CC2)cc1. The summed E-state index contributed by atoms with van der Waals surface area (Å²) >= 11 is 0. The zero-order valence-corrected chi connectivity index (χ0v) is 17.3. The number of ether oxygens (including phenoxy) is 1. The van der Waals surface area contributed by atoms with Crippen molar-refractivity contribution in [1.29, 1.82) is 0 Å². The van der Waals surface area contributed by atoms with Crippen LogP contribution < -0.4 is 15.1 Å². The Morgan fingerprint density at radius 3 is 2.53 bits per heavy atom. The standard InChI is InChI=1S/C24H29N5O/c1-2-5-20(6-3-1)26-18-19-8-11-29(12-9-19)24-21-7-4-10-25-22(21)17-23(27-24)28-13-15-30-16-14-28/h1-7,10,17,19,26H,8-9,11-16,18H2. The van der Waals surface area contributed by atoms with Gasteiger partial charge < -0.3 is 19.9 Å². The molecule has 2 aliphatic heterocycles. The molecule has 0 spiro atoms. The number of aromatic nitrogens is 2. The molecule has 0 aliphatic carbocycles. The lowest BCUT2D eigenvalue weighted by Crippen LogP contribution is -2.38. The van der Waals surface area contributed by atoms with E-state index in [4.69, 9.17) is 9.72 Å². The summed E-state index contributed by atoms with van der Waals surface area (Å²) in [6, 6.07) is 16.8. The van der Waals surface area contributed by atoms with Gasteiger partial charge >= 0.3 is 0 Å². The number of para-hydroxylation sites is 1. The molecule has 4 heterocycles. The van der Waals surface area contributed by atoms with Gasteiger partial charge in [0.25, 0.3) is 0 Å². The number of piperidine rings is 1. The molecule has 2 fully saturated rings. The van der Waals surface area contributed by atoms with Gasteiger partial charge in [0, 0.05) is 56.1 Å². The Hall–Kier alpha value is -2.86. The maximum atomic E-state index is 5.52. The van der Waals surface area contributed by atoms with Crippen molar-refractivity contribution in [2.24, 2.45) is 5.92 Å². The van der Waals surface area contributed by atoms with Gasteiger partial charge in [-0.25, -0.2) is 4.98 Å². The molecule has 0 bridgehead atoms. The van der Waals surface area contributed by atoms with E-state index < -0.39 is 0 Å². The summed E-state index contributed by atoms with van der Waals surface area (Å²) in [6.45, 7) is 6.39. The fourth-order valence-corrected chi connectivity index (χ4v) is 4.41. The van der Waals surface area contributed by atoms with Crippen LogP contribution in [0.2, 0.25) is 0 Å². The molecule has 1 aromatic carbocycles. The quantitative estimate of drug-likeness (QED) is 0.699. The molecule has 6 nitrogen and oxygen atoms in total. The number of hydrogen-bond acceptors (Lipinski definition) is 6. The van der Waals surface area contributed by atoms with E-state index in [0.29, 0.717) is 5.92 Å². The molecular formula is C24H29N5O. The highest BCUT2D eigenvalue weighted by Gasteiger charge is 2.23. The van der Waals surface area contributed by atoms with E-state index in [1.807, 2.05) is 12.3 Å². The summed E-state index contributed by atoms with van der Waals surface area (Å²) in [5.41, 5.74) is 2.23. The maximum Gasteiger partial charge on any atom is 0.140 e. The summed E-state index contributed by atoms with van der Waals surface area (Å²) in [5.74, 6) is 2.79. The van der Waals surface area contributed by atoms with E-state index in [0.717, 1.165) is 68.5 Å². The highest BCUT2D eigenvalue weighted by molar-refractivity contribution is 5.91. The van der Waals surface area contributed by atoms with Gasteiger partial charge in [-0.2, -0.15) is 0 Å². The Labute approximate surface area is 177 Å². The molecular weight excluding hydrogens is 374 g/mol. The highest BCUT2D eigenvalue weighted by Crippen LogP contribution is 2.31. The van der Waals surface area contributed by atoms with Crippen LogP contribution in [-0.2, 0) is 4.74 Å². The van der Waals surface area contributed by atoms with Crippen molar-refractivity contribution in [2.75, 3.05) is 61.1 Å². The van der Waals surface area contributed by atoms with Crippen molar-refractivity contribution in [3.63, 3.8) is 0 Å². The summed E-state index contributed by atoms with van der Waals surface area (Å²) in [5, 5.41) is 4.74. The molecule has 0 saturated carbocycles. The topological polar surface area (TPSA) is 53.5 Å². The monoisotopic (exact) mass is 403 g/mol. The molecule has 3 aromatic rings. The van der Waals surface area contributed by atoms with Gasteiger partial charge in [0.1, 0.15) is 11.6 Å². The molecule has 0 amide bonds. The van der Waals surface area contributed by atoms with Gasteiger partial charge in [-0.15, -0.1) is 0 Å². The largest absolute Gasteiger partial charge is 0.385 e. The third-order valence-corrected chi connectivity index (χ3v) is 6.18. The summed E-state index contributed by atoms with van der Waals surface area (Å²) in [6.07, 6.45) is 4.22. The van der Waals surface area contributed by atoms with Gasteiger partial charge in [0.05, 0.1) is 18.7 Å². The number of anilines is 3. The van der Waals surface area contributed by atoms with E-state index in [-0.39, 0.29) is 0 Å². The van der Waals surface area contributed by atoms with Crippen LogP contribution in [0, 0.1) is 5.92 Å². The normalized spacial score (nSPS) is 18.0. The third-order valence-electron chi connectivity index (χ3n) is 6.18. The lowest BCUT2D eigenvalue weighted by atomic mass is 9.96. The van der Waals surface area contributed by atoms with Gasteiger partial charge in [-0.3, -0.25) is 4.98 Å². The minimum Gasteiger partial charge on any atom is -0.385 e. The summed E-state index contributed by atoms with van der Waals surface area (Å²) in [7, 11) is 0. The van der Waals surface area contributed by atoms with Gasteiger partial charge in [-0.1, -0.05) is 18.2 Å². The van der Waals surface area contributed by atoms with Crippen LogP contribution in [0.15, 0.2) is 54.7 Å². The predicted octanol–water partition coefficient (Wildman–Crippen LogP) is 3.79. The second kappa shape index (κ2) is 8.88. The Morgan fingerprint density at radius 1 is 0.933 bits per heavy atom. The highest BCUT2D eigenvalue weighted by atomic mass is 16.5. The smallest absolute Gasteiger partial charge is 0.140 e. The average molecular weight is 404 g/mol. The molecule has 0 unspecified atom stereocenters. The molecule has 0 atom stereocenters. The number of nitrogens with zero attached hydrogens (tertiary/aromatic N) is 4. The number of morpholine rings is 1. The second-order valence-corrected chi connectivity index (χ2v) is 8.15. The van der Waals surface area contributed by atoms with Gasteiger partial charge in [0.2, 0.25) is 0 Å². The number of hydrogen-bond donors (Lipinski definition) is 1. The molecule has 30 heavy (non-hydrogen) atoms. The van der Waals surface area contributed by atoms with Crippen molar-refractivity contribution in [3.8, 4) is 0 Å². The Balaban J connectivity index is 1.31. The van der Waals surface area contributed by atoms with Crippen LogP contribution >= 0.6 is 0 Å². The second-order valence-electron chi connectivity index (χ2n) is 8.15. The lowest BCUT2D eigenvalue weighted by molar-refractivity contribution is 0.122. The number of rotatable bonds is 5. The predicted molar refractivity (Wildman–Crippen MR) is 122 cm³/mol. The third kappa shape index (κ3) is 4.19. The fourth-order valence-electron chi connectivity index (χ4n) is 4.41. The molecule has 156 valence electrons. The van der Waals surface area contributed by atoms with Crippen LogP contribution in [0.4, 0.5) is 17.3 Å². The molecule has 2 saturated heterocycles. The Kier molecular flexibility index (Phi) is 5.66. The number of fused-ring (bicyclic) bond motifs is 1. The van der Waals surface area contributed by atoms with Crippen molar-refractivity contribution in [3.05, 3.63) is 54.7 Å². The van der Waals surface area contributed by atoms with Gasteiger partial charge in [0.15, 0.2) is 0 Å². The average Bonchev–Trinajstić information content (AvgIpc) is 2.83. The summed E-state index contributed by atoms with van der Waals surface area (Å²) in [4.78, 5) is 14.5. The summed E-state index contributed by atoms with van der Waals surface area (Å²) < 4.78 is 5.52. The van der Waals surface area contributed by atoms with Gasteiger partial charge in [-0.05, 0) is 43.0 Å². The van der Waals surface area contributed by atoms with Crippen molar-refractivity contribution < 1.29 is 4.74 Å². The van der Waals surface area contributed by atoms with E-state index in [2.05, 4.69) is 62.6 Å². The lowest BCUT2D eigenvalue weighted by Gasteiger charge is -2.35.